The van der Waals surface area contributed by atoms with Crippen molar-refractivity contribution in [2.24, 2.45) is 0 Å². The lowest BCUT2D eigenvalue weighted by Crippen LogP contribution is -2.00. The van der Waals surface area contributed by atoms with Crippen LogP contribution in [0.15, 0.2) is 24.3 Å². The Hall–Kier alpha value is -0.250. The molecule has 2 heteroatoms. The van der Waals surface area contributed by atoms with Crippen LogP contribution in [-0.2, 0) is 0 Å². The van der Waals surface area contributed by atoms with E-state index in [1.165, 1.54) is 5.56 Å². The molecule has 0 amide bonds. The molecular formula is C9H9IO. The highest BCUT2D eigenvalue weighted by molar-refractivity contribution is 14.1. The lowest BCUT2D eigenvalue weighted by atomic mass is 10.0. The van der Waals surface area contributed by atoms with Crippen molar-refractivity contribution in [1.82, 2.24) is 0 Å². The fraction of sp³-hybridized carbons (Fsp3) is 0.333. The molecule has 1 heterocycles. The van der Waals surface area contributed by atoms with E-state index in [9.17, 15) is 0 Å². The zero-order chi connectivity index (χ0) is 7.68. The van der Waals surface area contributed by atoms with Gasteiger partial charge in [-0.1, -0.05) is 40.8 Å². The first-order valence-electron chi connectivity index (χ1n) is 3.69. The van der Waals surface area contributed by atoms with Crippen LogP contribution in [0.25, 0.3) is 0 Å². The predicted octanol–water partition coefficient (Wildman–Crippen LogP) is 2.60. The van der Waals surface area contributed by atoms with Crippen LogP contribution < -0.4 is 4.74 Å². The standard InChI is InChI=1S/C9H9IO/c10-5-7-6-11-9-4-2-1-3-8(7)9/h1-4,7H,5-6H2/t7-/m1/s1. The van der Waals surface area contributed by atoms with Gasteiger partial charge in [-0.15, -0.1) is 0 Å². The molecule has 0 saturated heterocycles. The summed E-state index contributed by atoms with van der Waals surface area (Å²) in [5, 5.41) is 0. The van der Waals surface area contributed by atoms with Crippen molar-refractivity contribution >= 4 is 22.6 Å². The first-order chi connectivity index (χ1) is 5.42. The SMILES string of the molecule is IC[C@@H]1COc2ccccc21. The van der Waals surface area contributed by atoms with Gasteiger partial charge in [0.15, 0.2) is 0 Å². The van der Waals surface area contributed by atoms with Crippen LogP contribution in [0.2, 0.25) is 0 Å². The summed E-state index contributed by atoms with van der Waals surface area (Å²) in [6.07, 6.45) is 0. The molecule has 0 aliphatic carbocycles. The van der Waals surface area contributed by atoms with E-state index < -0.39 is 0 Å². The molecule has 0 spiro atoms. The van der Waals surface area contributed by atoms with Crippen molar-refractivity contribution in [3.63, 3.8) is 0 Å². The minimum Gasteiger partial charge on any atom is -0.493 e. The topological polar surface area (TPSA) is 9.23 Å². The summed E-state index contributed by atoms with van der Waals surface area (Å²) >= 11 is 2.41. The third kappa shape index (κ3) is 1.24. The zero-order valence-corrected chi connectivity index (χ0v) is 8.24. The molecule has 0 aromatic heterocycles. The average Bonchev–Trinajstić information content (AvgIpc) is 2.47. The molecule has 0 radical (unpaired) electrons. The van der Waals surface area contributed by atoms with Gasteiger partial charge in [-0.25, -0.2) is 0 Å². The number of alkyl halides is 1. The minimum atomic E-state index is 0.617. The van der Waals surface area contributed by atoms with Gasteiger partial charge in [0.05, 0.1) is 6.61 Å². The monoisotopic (exact) mass is 260 g/mol. The maximum atomic E-state index is 5.50. The highest BCUT2D eigenvalue weighted by Crippen LogP contribution is 2.34. The Labute approximate surface area is 79.9 Å². The molecule has 58 valence electrons. The number of hydrogen-bond acceptors (Lipinski definition) is 1. The van der Waals surface area contributed by atoms with Gasteiger partial charge in [0, 0.05) is 15.9 Å². The second kappa shape index (κ2) is 3.01. The fourth-order valence-electron chi connectivity index (χ4n) is 1.36. The lowest BCUT2D eigenvalue weighted by molar-refractivity contribution is 0.339. The van der Waals surface area contributed by atoms with Gasteiger partial charge in [0.2, 0.25) is 0 Å². The molecule has 1 aliphatic heterocycles. The lowest BCUT2D eigenvalue weighted by Gasteiger charge is -2.00. The molecule has 0 N–H and O–H groups in total. The van der Waals surface area contributed by atoms with E-state index in [1.54, 1.807) is 0 Å². The molecule has 1 nitrogen and oxygen atoms in total. The average molecular weight is 260 g/mol. The molecule has 0 bridgehead atoms. The number of hydrogen-bond donors (Lipinski definition) is 0. The van der Waals surface area contributed by atoms with Gasteiger partial charge in [-0.3, -0.25) is 0 Å². The van der Waals surface area contributed by atoms with Gasteiger partial charge < -0.3 is 4.74 Å². The summed E-state index contributed by atoms with van der Waals surface area (Å²) < 4.78 is 6.64. The number of benzene rings is 1. The van der Waals surface area contributed by atoms with Crippen LogP contribution >= 0.6 is 22.6 Å². The van der Waals surface area contributed by atoms with Gasteiger partial charge in [-0.05, 0) is 6.07 Å². The van der Waals surface area contributed by atoms with E-state index in [2.05, 4.69) is 34.7 Å². The second-order valence-corrected chi connectivity index (χ2v) is 3.58. The Balaban J connectivity index is 2.39. The van der Waals surface area contributed by atoms with E-state index in [4.69, 9.17) is 4.74 Å². The number of halogens is 1. The Morgan fingerprint density at radius 2 is 2.27 bits per heavy atom. The smallest absolute Gasteiger partial charge is 0.122 e. The molecule has 1 aromatic carbocycles. The van der Waals surface area contributed by atoms with Crippen molar-refractivity contribution in [2.45, 2.75) is 5.92 Å². The summed E-state index contributed by atoms with van der Waals surface area (Å²) in [5.74, 6) is 1.70. The molecule has 0 fully saturated rings. The van der Waals surface area contributed by atoms with Crippen molar-refractivity contribution in [3.8, 4) is 5.75 Å². The highest BCUT2D eigenvalue weighted by atomic mass is 127. The molecule has 0 unspecified atom stereocenters. The maximum absolute atomic E-state index is 5.50. The molecule has 1 aromatic rings. The van der Waals surface area contributed by atoms with E-state index in [1.807, 2.05) is 12.1 Å². The fourth-order valence-corrected chi connectivity index (χ4v) is 2.09. The number of fused-ring (bicyclic) bond motifs is 1. The summed E-state index contributed by atoms with van der Waals surface area (Å²) in [6.45, 7) is 0.863. The minimum absolute atomic E-state index is 0.617. The molecule has 1 atom stereocenters. The number of para-hydroxylation sites is 1. The molecule has 1 aliphatic rings. The van der Waals surface area contributed by atoms with E-state index in [-0.39, 0.29) is 0 Å². The molecular weight excluding hydrogens is 251 g/mol. The van der Waals surface area contributed by atoms with Crippen LogP contribution in [-0.4, -0.2) is 11.0 Å². The molecule has 11 heavy (non-hydrogen) atoms. The predicted molar refractivity (Wildman–Crippen MR) is 53.6 cm³/mol. The largest absolute Gasteiger partial charge is 0.493 e. The van der Waals surface area contributed by atoms with Gasteiger partial charge >= 0.3 is 0 Å². The van der Waals surface area contributed by atoms with E-state index >= 15 is 0 Å². The van der Waals surface area contributed by atoms with Crippen molar-refractivity contribution < 1.29 is 4.74 Å². The van der Waals surface area contributed by atoms with Crippen LogP contribution in [0.3, 0.4) is 0 Å². The van der Waals surface area contributed by atoms with E-state index in [0.717, 1.165) is 16.8 Å². The Morgan fingerprint density at radius 3 is 3.09 bits per heavy atom. The molecule has 0 saturated carbocycles. The third-order valence-electron chi connectivity index (χ3n) is 1.99. The highest BCUT2D eigenvalue weighted by Gasteiger charge is 2.21. The summed E-state index contributed by atoms with van der Waals surface area (Å²) in [4.78, 5) is 0. The third-order valence-corrected chi connectivity index (χ3v) is 3.05. The number of ether oxygens (including phenoxy) is 1. The Bertz CT molecular complexity index is 259. The van der Waals surface area contributed by atoms with Gasteiger partial charge in [-0.2, -0.15) is 0 Å². The normalized spacial score (nSPS) is 21.0. The quantitative estimate of drug-likeness (QED) is 0.557. The van der Waals surface area contributed by atoms with Crippen molar-refractivity contribution in [1.29, 1.82) is 0 Å². The summed E-state index contributed by atoms with van der Waals surface area (Å²) in [5.41, 5.74) is 1.38. The van der Waals surface area contributed by atoms with E-state index in [0.29, 0.717) is 5.92 Å². The van der Waals surface area contributed by atoms with Crippen molar-refractivity contribution in [3.05, 3.63) is 29.8 Å². The van der Waals surface area contributed by atoms with Gasteiger partial charge in [0.1, 0.15) is 5.75 Å². The summed E-state index contributed by atoms with van der Waals surface area (Å²) in [6, 6.07) is 8.30. The Kier molecular flexibility index (Phi) is 2.02. The first-order valence-corrected chi connectivity index (χ1v) is 5.22. The van der Waals surface area contributed by atoms with Crippen LogP contribution in [0.1, 0.15) is 11.5 Å². The van der Waals surface area contributed by atoms with Crippen LogP contribution in [0.4, 0.5) is 0 Å². The van der Waals surface area contributed by atoms with Crippen molar-refractivity contribution in [2.75, 3.05) is 11.0 Å². The maximum Gasteiger partial charge on any atom is 0.122 e. The molecule has 2 rings (SSSR count). The summed E-state index contributed by atoms with van der Waals surface area (Å²) in [7, 11) is 0. The second-order valence-electron chi connectivity index (χ2n) is 2.70. The van der Waals surface area contributed by atoms with Crippen LogP contribution in [0.5, 0.6) is 5.75 Å². The van der Waals surface area contributed by atoms with Crippen LogP contribution in [0, 0.1) is 0 Å². The van der Waals surface area contributed by atoms with Gasteiger partial charge in [0.25, 0.3) is 0 Å². The zero-order valence-electron chi connectivity index (χ0n) is 6.09. The first kappa shape index (κ1) is 7.40. The Morgan fingerprint density at radius 1 is 1.45 bits per heavy atom. The number of rotatable bonds is 1.